The van der Waals surface area contributed by atoms with E-state index in [2.05, 4.69) is 4.98 Å². The first-order chi connectivity index (χ1) is 13.4. The van der Waals surface area contributed by atoms with E-state index < -0.39 is 11.9 Å². The molecule has 0 spiro atoms. The maximum Gasteiger partial charge on any atom is 0.338 e. The second kappa shape index (κ2) is 8.09. The van der Waals surface area contributed by atoms with Gasteiger partial charge in [0.2, 0.25) is 5.88 Å². The molecule has 0 amide bonds. The van der Waals surface area contributed by atoms with Crippen molar-refractivity contribution in [2.45, 2.75) is 19.8 Å². The summed E-state index contributed by atoms with van der Waals surface area (Å²) >= 11 is 12.5. The maximum absolute atomic E-state index is 12.7. The second-order valence-electron chi connectivity index (χ2n) is 6.13. The van der Waals surface area contributed by atoms with Crippen molar-refractivity contribution >= 4 is 40.1 Å². The van der Waals surface area contributed by atoms with E-state index in [1.807, 2.05) is 31.2 Å². The van der Waals surface area contributed by atoms with Crippen molar-refractivity contribution in [3.63, 3.8) is 0 Å². The maximum atomic E-state index is 12.7. The summed E-state index contributed by atoms with van der Waals surface area (Å²) in [5, 5.41) is 10.7. The lowest BCUT2D eigenvalue weighted by molar-refractivity contribution is -0.139. The van der Waals surface area contributed by atoms with Crippen molar-refractivity contribution in [1.29, 1.82) is 5.26 Å². The van der Waals surface area contributed by atoms with Gasteiger partial charge in [0.1, 0.15) is 22.6 Å². The number of carbonyl (C=O) groups is 1. The van der Waals surface area contributed by atoms with Crippen molar-refractivity contribution in [1.82, 2.24) is 4.98 Å². The normalized spacial score (nSPS) is 16.8. The van der Waals surface area contributed by atoms with E-state index in [1.165, 1.54) is 0 Å². The quantitative estimate of drug-likeness (QED) is 0.457. The summed E-state index contributed by atoms with van der Waals surface area (Å²) in [6, 6.07) is 9.51. The van der Waals surface area contributed by atoms with E-state index in [1.54, 1.807) is 13.0 Å². The number of benzene rings is 1. The number of nitrogens with two attached hydrogens (primary N) is 1. The lowest BCUT2D eigenvalue weighted by Crippen LogP contribution is -2.27. The van der Waals surface area contributed by atoms with Gasteiger partial charge < -0.3 is 15.2 Å². The molecular formula is C20H17Cl2N3O3. The van der Waals surface area contributed by atoms with E-state index in [0.29, 0.717) is 5.56 Å². The van der Waals surface area contributed by atoms with Crippen molar-refractivity contribution in [3.8, 4) is 6.07 Å². The third-order valence-corrected chi connectivity index (χ3v) is 5.00. The first-order valence-electron chi connectivity index (χ1n) is 8.52. The molecule has 3 rings (SSSR count). The number of allylic oxidation sites excluding steroid dienone is 2. The molecule has 0 radical (unpaired) electrons. The van der Waals surface area contributed by atoms with Crippen LogP contribution in [-0.2, 0) is 14.3 Å². The molecule has 0 saturated heterocycles. The summed E-state index contributed by atoms with van der Waals surface area (Å²) in [5.74, 6) is -1.67. The van der Waals surface area contributed by atoms with Crippen molar-refractivity contribution < 1.29 is 14.3 Å². The molecule has 2 aromatic rings. The molecule has 28 heavy (non-hydrogen) atoms. The minimum absolute atomic E-state index is 0.0487. The Hall–Kier alpha value is -2.75. The van der Waals surface area contributed by atoms with Gasteiger partial charge in [0.05, 0.1) is 29.5 Å². The fraction of sp³-hybridized carbons (Fsp3) is 0.250. The monoisotopic (exact) mass is 417 g/mol. The van der Waals surface area contributed by atoms with Gasteiger partial charge >= 0.3 is 5.97 Å². The Balaban J connectivity index is 2.30. The van der Waals surface area contributed by atoms with Crippen LogP contribution in [0.1, 0.15) is 24.0 Å². The van der Waals surface area contributed by atoms with E-state index in [4.69, 9.17) is 38.4 Å². The Kier molecular flexibility index (Phi) is 5.78. The molecule has 1 aliphatic rings. The Bertz CT molecular complexity index is 1070. The van der Waals surface area contributed by atoms with Gasteiger partial charge in [0.15, 0.2) is 0 Å². The Morgan fingerprint density at radius 3 is 2.86 bits per heavy atom. The van der Waals surface area contributed by atoms with Gasteiger partial charge in [0, 0.05) is 10.9 Å². The molecule has 1 aliphatic heterocycles. The van der Waals surface area contributed by atoms with Gasteiger partial charge in [-0.05, 0) is 25.5 Å². The zero-order valence-corrected chi connectivity index (χ0v) is 16.8. The number of alkyl halides is 1. The molecule has 0 aliphatic carbocycles. The number of ether oxygens (including phenoxy) is 2. The second-order valence-corrected chi connectivity index (χ2v) is 6.76. The fourth-order valence-electron chi connectivity index (χ4n) is 3.20. The number of nitrogens with zero attached hydrogens (tertiary/aromatic N) is 2. The molecule has 1 unspecified atom stereocenters. The highest BCUT2D eigenvalue weighted by molar-refractivity contribution is 6.31. The van der Waals surface area contributed by atoms with E-state index >= 15 is 0 Å². The smallest absolute Gasteiger partial charge is 0.338 e. The molecule has 0 fully saturated rings. The molecule has 0 bridgehead atoms. The van der Waals surface area contributed by atoms with Gasteiger partial charge in [-0.3, -0.25) is 0 Å². The predicted octanol–water partition coefficient (Wildman–Crippen LogP) is 4.06. The number of rotatable bonds is 4. The van der Waals surface area contributed by atoms with Crippen LogP contribution in [0.25, 0.3) is 10.9 Å². The average molecular weight is 418 g/mol. The lowest BCUT2D eigenvalue weighted by Gasteiger charge is -2.28. The highest BCUT2D eigenvalue weighted by atomic mass is 35.5. The number of hydrogen-bond acceptors (Lipinski definition) is 6. The number of esters is 1. The highest BCUT2D eigenvalue weighted by Crippen LogP contribution is 2.43. The van der Waals surface area contributed by atoms with Gasteiger partial charge in [-0.15, -0.1) is 11.6 Å². The number of nitriles is 1. The van der Waals surface area contributed by atoms with Crippen molar-refractivity contribution in [2.24, 2.45) is 5.73 Å². The van der Waals surface area contributed by atoms with E-state index in [9.17, 15) is 10.1 Å². The standard InChI is InChI=1S/C20H17Cl2N3O3/c1-3-27-20(26)16-14(8-21)28-19(24)13(9-23)15(16)12-7-11-6-4-5-10(2)17(11)25-18(12)22/h4-7,15H,3,8,24H2,1-2H3. The number of para-hydroxylation sites is 1. The summed E-state index contributed by atoms with van der Waals surface area (Å²) in [7, 11) is 0. The lowest BCUT2D eigenvalue weighted by atomic mass is 9.83. The molecule has 0 saturated carbocycles. The predicted molar refractivity (Wildman–Crippen MR) is 107 cm³/mol. The number of hydrogen-bond donors (Lipinski definition) is 1. The Morgan fingerprint density at radius 1 is 1.46 bits per heavy atom. The molecule has 1 atom stereocenters. The number of carbonyl (C=O) groups excluding carboxylic acids is 1. The summed E-state index contributed by atoms with van der Waals surface area (Å²) in [5.41, 5.74) is 8.22. The molecule has 1 aromatic heterocycles. The SMILES string of the molecule is CCOC(=O)C1=C(CCl)OC(N)=C(C#N)C1c1cc2cccc(C)c2nc1Cl. The van der Waals surface area contributed by atoms with Gasteiger partial charge in [-0.1, -0.05) is 29.8 Å². The Labute approximate surface area is 172 Å². The Morgan fingerprint density at radius 2 is 2.21 bits per heavy atom. The third kappa shape index (κ3) is 3.39. The number of pyridine rings is 1. The van der Waals surface area contributed by atoms with Gasteiger partial charge in [-0.2, -0.15) is 5.26 Å². The largest absolute Gasteiger partial charge is 0.463 e. The number of aromatic nitrogens is 1. The van der Waals surface area contributed by atoms with Crippen LogP contribution in [0.4, 0.5) is 0 Å². The van der Waals surface area contributed by atoms with Crippen LogP contribution in [0.2, 0.25) is 5.15 Å². The fourth-order valence-corrected chi connectivity index (χ4v) is 3.65. The first kappa shape index (κ1) is 20.0. The van der Waals surface area contributed by atoms with Crippen LogP contribution >= 0.6 is 23.2 Å². The molecule has 144 valence electrons. The summed E-state index contributed by atoms with van der Waals surface area (Å²) in [4.78, 5) is 17.2. The highest BCUT2D eigenvalue weighted by Gasteiger charge is 2.38. The number of fused-ring (bicyclic) bond motifs is 1. The van der Waals surface area contributed by atoms with Crippen LogP contribution in [0.15, 0.2) is 47.1 Å². The molecule has 8 heteroatoms. The summed E-state index contributed by atoms with van der Waals surface area (Å²) in [6.07, 6.45) is 0. The number of halogens is 2. The summed E-state index contributed by atoms with van der Waals surface area (Å²) in [6.45, 7) is 3.75. The van der Waals surface area contributed by atoms with E-state index in [0.717, 1.165) is 16.5 Å². The van der Waals surface area contributed by atoms with Gasteiger partial charge in [-0.25, -0.2) is 9.78 Å². The molecule has 6 nitrogen and oxygen atoms in total. The minimum atomic E-state index is -0.892. The van der Waals surface area contributed by atoms with Crippen molar-refractivity contribution in [2.75, 3.05) is 12.5 Å². The zero-order chi connectivity index (χ0) is 20.4. The molecule has 2 N–H and O–H groups in total. The summed E-state index contributed by atoms with van der Waals surface area (Å²) < 4.78 is 10.6. The van der Waals surface area contributed by atoms with Crippen LogP contribution in [0, 0.1) is 18.3 Å². The minimum Gasteiger partial charge on any atom is -0.463 e. The van der Waals surface area contributed by atoms with Crippen LogP contribution < -0.4 is 5.73 Å². The topological polar surface area (TPSA) is 98.2 Å². The third-order valence-electron chi connectivity index (χ3n) is 4.45. The molecule has 2 heterocycles. The van der Waals surface area contributed by atoms with Crippen LogP contribution in [0.5, 0.6) is 0 Å². The average Bonchev–Trinajstić information content (AvgIpc) is 2.67. The van der Waals surface area contributed by atoms with Gasteiger partial charge in [0.25, 0.3) is 0 Å². The zero-order valence-electron chi connectivity index (χ0n) is 15.3. The van der Waals surface area contributed by atoms with Crippen LogP contribution in [-0.4, -0.2) is 23.4 Å². The number of aryl methyl sites for hydroxylation is 1. The first-order valence-corrected chi connectivity index (χ1v) is 9.43. The molecule has 1 aromatic carbocycles. The van der Waals surface area contributed by atoms with Crippen LogP contribution in [0.3, 0.4) is 0 Å². The molecular weight excluding hydrogens is 401 g/mol. The van der Waals surface area contributed by atoms with Crippen molar-refractivity contribution in [3.05, 3.63) is 63.3 Å². The van der Waals surface area contributed by atoms with E-state index in [-0.39, 0.29) is 40.4 Å².